The lowest BCUT2D eigenvalue weighted by molar-refractivity contribution is 0.403. The lowest BCUT2D eigenvalue weighted by Gasteiger charge is -2.07. The van der Waals surface area contributed by atoms with E-state index in [2.05, 4.69) is 35.0 Å². The maximum atomic E-state index is 4.14. The molecule has 0 bridgehead atoms. The van der Waals surface area contributed by atoms with Crippen molar-refractivity contribution in [3.05, 3.63) is 0 Å². The highest BCUT2D eigenvalue weighted by Gasteiger charge is 2.03. The van der Waals surface area contributed by atoms with Crippen molar-refractivity contribution in [3.63, 3.8) is 0 Å². The monoisotopic (exact) mass is 183 g/mol. The van der Waals surface area contributed by atoms with Crippen molar-refractivity contribution < 1.29 is 0 Å². The minimum absolute atomic E-state index is 0.0505. The van der Waals surface area contributed by atoms with Gasteiger partial charge < -0.3 is 4.90 Å². The number of rotatable bonds is 4. The maximum Gasteiger partial charge on any atom is 0.0898 e. The standard InChI is InChI=1S/C10H21N3/c1-10(2,3)12-9-11-7-6-8-13(4)5/h6-8H2,1-5H3. The quantitative estimate of drug-likeness (QED) is 0.483. The maximum absolute atomic E-state index is 4.14. The lowest BCUT2D eigenvalue weighted by Crippen LogP contribution is -2.13. The normalized spacial score (nSPS) is 11.2. The van der Waals surface area contributed by atoms with E-state index in [-0.39, 0.29) is 5.54 Å². The van der Waals surface area contributed by atoms with Crippen molar-refractivity contribution in [2.24, 2.45) is 9.98 Å². The van der Waals surface area contributed by atoms with Gasteiger partial charge in [0.05, 0.1) is 18.1 Å². The van der Waals surface area contributed by atoms with Crippen LogP contribution in [0.25, 0.3) is 0 Å². The molecule has 0 aliphatic heterocycles. The van der Waals surface area contributed by atoms with Crippen LogP contribution in [-0.2, 0) is 0 Å². The fraction of sp³-hybridized carbons (Fsp3) is 0.900. The van der Waals surface area contributed by atoms with E-state index in [1.807, 2.05) is 20.8 Å². The van der Waals surface area contributed by atoms with Gasteiger partial charge in [0, 0.05) is 0 Å². The van der Waals surface area contributed by atoms with Crippen molar-refractivity contribution in [2.75, 3.05) is 27.2 Å². The Bertz CT molecular complexity index is 183. The van der Waals surface area contributed by atoms with E-state index in [0.717, 1.165) is 19.5 Å². The SMILES string of the molecule is CN(C)CCCN=C=NC(C)(C)C. The number of hydrogen-bond acceptors (Lipinski definition) is 3. The Kier molecular flexibility index (Phi) is 5.60. The zero-order valence-corrected chi connectivity index (χ0v) is 9.46. The third-order valence-electron chi connectivity index (χ3n) is 1.33. The molecule has 0 amide bonds. The predicted octanol–water partition coefficient (Wildman–Crippen LogP) is 1.91. The van der Waals surface area contributed by atoms with E-state index in [1.165, 1.54) is 0 Å². The van der Waals surface area contributed by atoms with Crippen molar-refractivity contribution in [1.82, 2.24) is 4.90 Å². The molecule has 0 fully saturated rings. The third kappa shape index (κ3) is 11.3. The molecule has 0 unspecified atom stereocenters. The molecule has 0 aromatic carbocycles. The first-order valence-electron chi connectivity index (χ1n) is 4.70. The van der Waals surface area contributed by atoms with E-state index in [0.29, 0.717) is 0 Å². The van der Waals surface area contributed by atoms with Gasteiger partial charge in [0.25, 0.3) is 0 Å². The Morgan fingerprint density at radius 2 is 1.85 bits per heavy atom. The second kappa shape index (κ2) is 5.90. The largest absolute Gasteiger partial charge is 0.309 e. The van der Waals surface area contributed by atoms with Gasteiger partial charge in [0.15, 0.2) is 0 Å². The van der Waals surface area contributed by atoms with Crippen LogP contribution < -0.4 is 0 Å². The molecule has 0 aromatic rings. The number of nitrogens with zero attached hydrogens (tertiary/aromatic N) is 3. The van der Waals surface area contributed by atoms with E-state index < -0.39 is 0 Å². The zero-order chi connectivity index (χ0) is 10.3. The summed E-state index contributed by atoms with van der Waals surface area (Å²) in [6, 6.07) is 2.73. The number of hydrogen-bond donors (Lipinski definition) is 0. The van der Waals surface area contributed by atoms with Crippen LogP contribution in [0.4, 0.5) is 0 Å². The molecule has 0 aromatic heterocycles. The second-order valence-electron chi connectivity index (χ2n) is 4.42. The average molecular weight is 183 g/mol. The average Bonchev–Trinajstić information content (AvgIpc) is 1.93. The smallest absolute Gasteiger partial charge is 0.0898 e. The van der Waals surface area contributed by atoms with E-state index in [9.17, 15) is 0 Å². The summed E-state index contributed by atoms with van der Waals surface area (Å²) < 4.78 is 0. The van der Waals surface area contributed by atoms with Crippen LogP contribution in [0.2, 0.25) is 0 Å². The highest BCUT2D eigenvalue weighted by molar-refractivity contribution is 5.42. The molecule has 0 heterocycles. The summed E-state index contributed by atoms with van der Waals surface area (Å²) >= 11 is 0. The van der Waals surface area contributed by atoms with Gasteiger partial charge in [0.2, 0.25) is 0 Å². The molecular formula is C10H21N3. The second-order valence-corrected chi connectivity index (χ2v) is 4.42. The predicted molar refractivity (Wildman–Crippen MR) is 57.7 cm³/mol. The molecule has 0 atom stereocenters. The van der Waals surface area contributed by atoms with Crippen LogP contribution in [0.3, 0.4) is 0 Å². The van der Waals surface area contributed by atoms with Gasteiger partial charge in [-0.1, -0.05) is 0 Å². The first-order chi connectivity index (χ1) is 5.92. The molecule has 0 spiro atoms. The van der Waals surface area contributed by atoms with E-state index >= 15 is 0 Å². The van der Waals surface area contributed by atoms with Crippen LogP contribution in [0, 0.1) is 0 Å². The fourth-order valence-corrected chi connectivity index (χ4v) is 0.701. The van der Waals surface area contributed by atoms with Crippen molar-refractivity contribution in [1.29, 1.82) is 0 Å². The first kappa shape index (κ1) is 12.3. The molecule has 3 heteroatoms. The summed E-state index contributed by atoms with van der Waals surface area (Å²) in [6.07, 6.45) is 1.07. The Morgan fingerprint density at radius 1 is 1.23 bits per heavy atom. The highest BCUT2D eigenvalue weighted by atomic mass is 15.0. The van der Waals surface area contributed by atoms with Gasteiger partial charge in [-0.3, -0.25) is 0 Å². The summed E-state index contributed by atoms with van der Waals surface area (Å²) in [6.45, 7) is 8.00. The molecule has 76 valence electrons. The van der Waals surface area contributed by atoms with Gasteiger partial charge >= 0.3 is 0 Å². The molecule has 0 N–H and O–H groups in total. The van der Waals surface area contributed by atoms with E-state index in [1.54, 1.807) is 0 Å². The Labute approximate surface area is 81.6 Å². The topological polar surface area (TPSA) is 28.0 Å². The van der Waals surface area contributed by atoms with Gasteiger partial charge in [-0.25, -0.2) is 9.98 Å². The Hall–Kier alpha value is -0.660. The first-order valence-corrected chi connectivity index (χ1v) is 4.70. The molecule has 0 saturated carbocycles. The molecule has 0 aliphatic carbocycles. The Balaban J connectivity index is 3.58. The van der Waals surface area contributed by atoms with Crippen LogP contribution >= 0.6 is 0 Å². The van der Waals surface area contributed by atoms with Gasteiger partial charge in [-0.15, -0.1) is 0 Å². The third-order valence-corrected chi connectivity index (χ3v) is 1.33. The molecule has 3 nitrogen and oxygen atoms in total. The molecule has 0 aliphatic rings. The number of aliphatic imine (C=N–C) groups is 2. The lowest BCUT2D eigenvalue weighted by atomic mass is 10.1. The van der Waals surface area contributed by atoms with Crippen LogP contribution in [0.15, 0.2) is 9.98 Å². The molecule has 0 saturated heterocycles. The summed E-state index contributed by atoms with van der Waals surface area (Å²) in [4.78, 5) is 10.4. The summed E-state index contributed by atoms with van der Waals surface area (Å²) in [5, 5.41) is 0. The summed E-state index contributed by atoms with van der Waals surface area (Å²) in [5.74, 6) is 0. The fourth-order valence-electron chi connectivity index (χ4n) is 0.701. The molecule has 13 heavy (non-hydrogen) atoms. The van der Waals surface area contributed by atoms with Gasteiger partial charge in [0.1, 0.15) is 0 Å². The van der Waals surface area contributed by atoms with Crippen LogP contribution in [0.5, 0.6) is 0 Å². The van der Waals surface area contributed by atoms with E-state index in [4.69, 9.17) is 0 Å². The molecule has 0 rings (SSSR count). The van der Waals surface area contributed by atoms with Crippen LogP contribution in [0.1, 0.15) is 27.2 Å². The zero-order valence-electron chi connectivity index (χ0n) is 9.46. The summed E-state index contributed by atoms with van der Waals surface area (Å²) in [7, 11) is 4.12. The summed E-state index contributed by atoms with van der Waals surface area (Å²) in [5.41, 5.74) is -0.0505. The van der Waals surface area contributed by atoms with Gasteiger partial charge in [-0.2, -0.15) is 0 Å². The molecular weight excluding hydrogens is 162 g/mol. The minimum Gasteiger partial charge on any atom is -0.309 e. The Morgan fingerprint density at radius 3 is 2.31 bits per heavy atom. The van der Waals surface area contributed by atoms with Crippen molar-refractivity contribution in [2.45, 2.75) is 32.7 Å². The van der Waals surface area contributed by atoms with Gasteiger partial charge in [-0.05, 0) is 47.8 Å². The van der Waals surface area contributed by atoms with Crippen LogP contribution in [-0.4, -0.2) is 43.6 Å². The van der Waals surface area contributed by atoms with Crippen molar-refractivity contribution >= 4 is 6.01 Å². The van der Waals surface area contributed by atoms with Crippen molar-refractivity contribution in [3.8, 4) is 0 Å². The minimum atomic E-state index is -0.0505. The molecule has 0 radical (unpaired) electrons. The highest BCUT2D eigenvalue weighted by Crippen LogP contribution is 2.03.